The molecule has 6 aromatic heterocycles. The minimum atomic E-state index is 0.826. The Bertz CT molecular complexity index is 2730. The van der Waals surface area contributed by atoms with Crippen LogP contribution in [0.3, 0.4) is 0 Å². The van der Waals surface area contributed by atoms with E-state index in [4.69, 9.17) is 18.8 Å². The summed E-state index contributed by atoms with van der Waals surface area (Å²) in [5.41, 5.74) is 9.51. The van der Waals surface area contributed by atoms with E-state index in [9.17, 15) is 0 Å². The molecule has 11 aromatic rings. The third kappa shape index (κ3) is 3.09. The molecule has 0 bridgehead atoms. The number of fused-ring (bicyclic) bond motifs is 12. The number of benzene rings is 5. The van der Waals surface area contributed by atoms with Gasteiger partial charge >= 0.3 is 0 Å². The molecule has 0 radical (unpaired) electrons. The van der Waals surface area contributed by atoms with Gasteiger partial charge in [0.15, 0.2) is 0 Å². The van der Waals surface area contributed by atoms with Crippen LogP contribution in [0.25, 0.3) is 99.1 Å². The van der Waals surface area contributed by atoms with Crippen molar-refractivity contribution in [1.29, 1.82) is 0 Å². The van der Waals surface area contributed by atoms with Crippen molar-refractivity contribution in [3.8, 4) is 11.4 Å². The van der Waals surface area contributed by atoms with Crippen molar-refractivity contribution in [2.75, 3.05) is 0 Å². The van der Waals surface area contributed by atoms with Crippen molar-refractivity contribution in [3.63, 3.8) is 0 Å². The molecule has 46 heavy (non-hydrogen) atoms. The Labute approximate surface area is 260 Å². The molecule has 0 aliphatic heterocycles. The summed E-state index contributed by atoms with van der Waals surface area (Å²) in [6, 6.07) is 42.1. The van der Waals surface area contributed by atoms with Crippen molar-refractivity contribution in [2.24, 2.45) is 0 Å². The molecule has 0 saturated carbocycles. The molecular weight excluding hydrogens is 568 g/mol. The largest absolute Gasteiger partial charge is 0.456 e. The van der Waals surface area contributed by atoms with Crippen LogP contribution < -0.4 is 0 Å². The number of nitrogens with zero attached hydrogens (tertiary/aromatic N) is 4. The highest BCUT2D eigenvalue weighted by Gasteiger charge is 2.18. The third-order valence-corrected chi connectivity index (χ3v) is 9.41. The predicted octanol–water partition coefficient (Wildman–Crippen LogP) is 10.5. The highest BCUT2D eigenvalue weighted by molar-refractivity contribution is 6.16. The highest BCUT2D eigenvalue weighted by Crippen LogP contribution is 2.40. The Morgan fingerprint density at radius 3 is 1.30 bits per heavy atom. The molecule has 214 valence electrons. The molecule has 0 fully saturated rings. The van der Waals surface area contributed by atoms with Crippen molar-refractivity contribution < 1.29 is 8.83 Å². The van der Waals surface area contributed by atoms with Gasteiger partial charge in [-0.25, -0.2) is 9.97 Å². The molecule has 0 unspecified atom stereocenters. The quantitative estimate of drug-likeness (QED) is 0.201. The van der Waals surface area contributed by atoms with E-state index in [1.165, 1.54) is 10.8 Å². The van der Waals surface area contributed by atoms with Crippen LogP contribution in [0, 0.1) is 0 Å². The summed E-state index contributed by atoms with van der Waals surface area (Å²) >= 11 is 0. The van der Waals surface area contributed by atoms with Crippen LogP contribution in [0.1, 0.15) is 0 Å². The van der Waals surface area contributed by atoms with Gasteiger partial charge in [-0.2, -0.15) is 0 Å². The number of pyridine rings is 2. The number of aromatic nitrogens is 4. The first-order valence-electron chi connectivity index (χ1n) is 15.3. The SMILES string of the molecule is c1ccc2c(c1)c1cccnc1n2-c1ccc2oc3cc4c(cc3c2c1)oc1ccc(-n2c3ccccc3c3cccnc32)cc14. The summed E-state index contributed by atoms with van der Waals surface area (Å²) in [5.74, 6) is 0. The Balaban J connectivity index is 1.13. The van der Waals surface area contributed by atoms with Gasteiger partial charge in [0, 0.05) is 66.9 Å². The molecular formula is C40H22N4O2. The van der Waals surface area contributed by atoms with Crippen LogP contribution in [0.2, 0.25) is 0 Å². The number of para-hydroxylation sites is 2. The first-order valence-corrected chi connectivity index (χ1v) is 15.3. The number of hydrogen-bond acceptors (Lipinski definition) is 4. The fourth-order valence-corrected chi connectivity index (χ4v) is 7.41. The molecule has 5 aromatic carbocycles. The zero-order valence-electron chi connectivity index (χ0n) is 24.3. The lowest BCUT2D eigenvalue weighted by atomic mass is 10.1. The molecule has 0 N–H and O–H groups in total. The van der Waals surface area contributed by atoms with Crippen molar-refractivity contribution in [2.45, 2.75) is 0 Å². The normalized spacial score (nSPS) is 12.3. The molecule has 0 saturated heterocycles. The maximum atomic E-state index is 6.46. The monoisotopic (exact) mass is 590 g/mol. The van der Waals surface area contributed by atoms with Gasteiger partial charge in [0.25, 0.3) is 0 Å². The Morgan fingerprint density at radius 1 is 0.370 bits per heavy atom. The van der Waals surface area contributed by atoms with Gasteiger partial charge in [-0.05, 0) is 84.9 Å². The molecule has 0 aliphatic rings. The Morgan fingerprint density at radius 2 is 0.804 bits per heavy atom. The van der Waals surface area contributed by atoms with Gasteiger partial charge in [-0.1, -0.05) is 36.4 Å². The summed E-state index contributed by atoms with van der Waals surface area (Å²) in [6.07, 6.45) is 3.70. The second kappa shape index (κ2) is 8.61. The second-order valence-corrected chi connectivity index (χ2v) is 11.9. The Hall–Kier alpha value is -6.40. The van der Waals surface area contributed by atoms with Gasteiger partial charge in [0.1, 0.15) is 33.6 Å². The fraction of sp³-hybridized carbons (Fsp3) is 0. The maximum absolute atomic E-state index is 6.46. The average Bonchev–Trinajstić information content (AvgIpc) is 3.84. The topological polar surface area (TPSA) is 61.9 Å². The van der Waals surface area contributed by atoms with Crippen LogP contribution in [-0.4, -0.2) is 19.1 Å². The van der Waals surface area contributed by atoms with E-state index in [0.717, 1.165) is 88.4 Å². The third-order valence-electron chi connectivity index (χ3n) is 9.41. The molecule has 6 heteroatoms. The number of hydrogen-bond donors (Lipinski definition) is 0. The molecule has 6 nitrogen and oxygen atoms in total. The van der Waals surface area contributed by atoms with Crippen LogP contribution in [0.5, 0.6) is 0 Å². The molecule has 6 heterocycles. The van der Waals surface area contributed by atoms with Crippen LogP contribution in [-0.2, 0) is 0 Å². The predicted molar refractivity (Wildman–Crippen MR) is 185 cm³/mol. The van der Waals surface area contributed by atoms with E-state index < -0.39 is 0 Å². The second-order valence-electron chi connectivity index (χ2n) is 11.9. The Kier molecular flexibility index (Phi) is 4.49. The van der Waals surface area contributed by atoms with Crippen molar-refractivity contribution >= 4 is 87.7 Å². The molecule has 11 rings (SSSR count). The lowest BCUT2D eigenvalue weighted by molar-refractivity contribution is 0.664. The van der Waals surface area contributed by atoms with Gasteiger partial charge in [-0.3, -0.25) is 9.13 Å². The van der Waals surface area contributed by atoms with Crippen LogP contribution in [0.4, 0.5) is 0 Å². The molecule has 0 atom stereocenters. The molecule has 0 amide bonds. The number of furan rings is 2. The number of rotatable bonds is 2. The lowest BCUT2D eigenvalue weighted by Crippen LogP contribution is -1.94. The van der Waals surface area contributed by atoms with Gasteiger partial charge < -0.3 is 8.83 Å². The summed E-state index contributed by atoms with van der Waals surface area (Å²) in [5, 5.41) is 8.74. The first kappa shape index (κ1) is 24.0. The fourth-order valence-electron chi connectivity index (χ4n) is 7.41. The van der Waals surface area contributed by atoms with E-state index in [2.05, 4.69) is 118 Å². The molecule has 0 spiro atoms. The summed E-state index contributed by atoms with van der Waals surface area (Å²) in [6.45, 7) is 0. The van der Waals surface area contributed by atoms with Gasteiger partial charge in [0.2, 0.25) is 0 Å². The minimum absolute atomic E-state index is 0.826. The summed E-state index contributed by atoms with van der Waals surface area (Å²) in [7, 11) is 0. The van der Waals surface area contributed by atoms with E-state index in [1.54, 1.807) is 0 Å². The molecule has 0 aliphatic carbocycles. The summed E-state index contributed by atoms with van der Waals surface area (Å²) < 4.78 is 17.4. The standard InChI is InChI=1S/C40H22N4O2/c1-3-11-33-25(7-1)27-9-5-17-41-39(27)43(33)23-13-15-35-29(19-23)31-21-38-32(22-37(31)45-35)30-20-24(14-16-36(30)46-38)44-34-12-4-2-8-26(34)28-10-6-18-42-40(28)44/h1-22H. The minimum Gasteiger partial charge on any atom is -0.456 e. The zero-order chi connectivity index (χ0) is 29.9. The van der Waals surface area contributed by atoms with Crippen molar-refractivity contribution in [1.82, 2.24) is 19.1 Å². The van der Waals surface area contributed by atoms with Gasteiger partial charge in [0.05, 0.1) is 11.0 Å². The van der Waals surface area contributed by atoms with E-state index in [-0.39, 0.29) is 0 Å². The zero-order valence-corrected chi connectivity index (χ0v) is 24.3. The van der Waals surface area contributed by atoms with E-state index >= 15 is 0 Å². The maximum Gasteiger partial charge on any atom is 0.145 e. The van der Waals surface area contributed by atoms with Crippen LogP contribution >= 0.6 is 0 Å². The van der Waals surface area contributed by atoms with E-state index in [1.807, 2.05) is 24.5 Å². The highest BCUT2D eigenvalue weighted by atomic mass is 16.3. The van der Waals surface area contributed by atoms with Gasteiger partial charge in [-0.15, -0.1) is 0 Å². The first-order chi connectivity index (χ1) is 22.8. The van der Waals surface area contributed by atoms with Crippen LogP contribution in [0.15, 0.2) is 143 Å². The average molecular weight is 591 g/mol. The smallest absolute Gasteiger partial charge is 0.145 e. The van der Waals surface area contributed by atoms with E-state index in [0.29, 0.717) is 0 Å². The lowest BCUT2D eigenvalue weighted by Gasteiger charge is -2.07. The van der Waals surface area contributed by atoms with Crippen molar-refractivity contribution in [3.05, 3.63) is 134 Å². The summed E-state index contributed by atoms with van der Waals surface area (Å²) in [4.78, 5) is 9.54.